The van der Waals surface area contributed by atoms with Gasteiger partial charge in [0.15, 0.2) is 5.11 Å². The van der Waals surface area contributed by atoms with E-state index in [1.165, 1.54) is 0 Å². The zero-order valence-electron chi connectivity index (χ0n) is 16.8. The number of fused-ring (bicyclic) bond motifs is 1. The molecule has 4 unspecified atom stereocenters. The highest BCUT2D eigenvalue weighted by molar-refractivity contribution is 7.80. The number of ether oxygens (including phenoxy) is 2. The first kappa shape index (κ1) is 20.2. The zero-order valence-corrected chi connectivity index (χ0v) is 17.6. The number of nitrogens with zero attached hydrogens (tertiary/aromatic N) is 2. The highest BCUT2D eigenvalue weighted by Gasteiger charge is 2.48. The third kappa shape index (κ3) is 5.06. The zero-order chi connectivity index (χ0) is 19.6. The van der Waals surface area contributed by atoms with Gasteiger partial charge in [0, 0.05) is 18.2 Å². The van der Waals surface area contributed by atoms with E-state index in [1.807, 2.05) is 6.07 Å². The van der Waals surface area contributed by atoms with Crippen molar-refractivity contribution in [1.29, 1.82) is 0 Å². The Kier molecular flexibility index (Phi) is 6.18. The fourth-order valence-corrected chi connectivity index (χ4v) is 3.51. The van der Waals surface area contributed by atoms with Crippen LogP contribution in [0.4, 0.5) is 5.95 Å². The van der Waals surface area contributed by atoms with Crippen LogP contribution in [0.2, 0.25) is 0 Å². The van der Waals surface area contributed by atoms with Gasteiger partial charge in [-0.25, -0.2) is 9.97 Å². The molecule has 0 spiro atoms. The maximum Gasteiger partial charge on any atom is 0.223 e. The molecule has 3 N–H and O–H groups in total. The average Bonchev–Trinajstić information content (AvgIpc) is 3.16. The summed E-state index contributed by atoms with van der Waals surface area (Å²) in [6.45, 7) is 12.7. The van der Waals surface area contributed by atoms with Crippen LogP contribution in [0.15, 0.2) is 12.3 Å². The van der Waals surface area contributed by atoms with E-state index in [0.717, 1.165) is 12.2 Å². The minimum absolute atomic E-state index is 0.0222. The summed E-state index contributed by atoms with van der Waals surface area (Å²) in [5.74, 6) is 1.16. The summed E-state index contributed by atoms with van der Waals surface area (Å²) in [5, 5.41) is 10.6. The molecule has 1 aromatic rings. The Morgan fingerprint density at radius 2 is 1.89 bits per heavy atom. The van der Waals surface area contributed by atoms with Gasteiger partial charge in [0.2, 0.25) is 5.95 Å². The monoisotopic (exact) mass is 393 g/mol. The predicted octanol–water partition coefficient (Wildman–Crippen LogP) is 1.84. The Balaban J connectivity index is 1.57. The second-order valence-electron chi connectivity index (χ2n) is 8.72. The first-order chi connectivity index (χ1) is 12.7. The Morgan fingerprint density at radius 1 is 1.22 bits per heavy atom. The molecule has 0 radical (unpaired) electrons. The summed E-state index contributed by atoms with van der Waals surface area (Å²) in [7, 11) is 0. The molecule has 27 heavy (non-hydrogen) atoms. The lowest BCUT2D eigenvalue weighted by Crippen LogP contribution is -2.49. The number of hydrogen-bond acceptors (Lipinski definition) is 6. The number of aromatic nitrogens is 2. The lowest BCUT2D eigenvalue weighted by molar-refractivity contribution is 0.0688. The topological polar surface area (TPSA) is 80.3 Å². The van der Waals surface area contributed by atoms with Gasteiger partial charge < -0.3 is 25.4 Å². The molecule has 4 atom stereocenters. The predicted molar refractivity (Wildman–Crippen MR) is 110 cm³/mol. The van der Waals surface area contributed by atoms with Crippen molar-refractivity contribution in [3.8, 4) is 0 Å². The third-order valence-corrected chi connectivity index (χ3v) is 5.04. The second kappa shape index (κ2) is 8.24. The number of rotatable bonds is 5. The molecular formula is C19H31N5O2S. The average molecular weight is 394 g/mol. The molecule has 2 aliphatic rings. The van der Waals surface area contributed by atoms with E-state index in [2.05, 4.69) is 60.5 Å². The van der Waals surface area contributed by atoms with Gasteiger partial charge >= 0.3 is 0 Å². The lowest BCUT2D eigenvalue weighted by atomic mass is 9.92. The van der Waals surface area contributed by atoms with E-state index in [9.17, 15) is 0 Å². The fraction of sp³-hybridized carbons (Fsp3) is 0.737. The minimum Gasteiger partial charge on any atom is -0.371 e. The third-order valence-electron chi connectivity index (χ3n) is 4.78. The molecule has 3 rings (SSSR count). The van der Waals surface area contributed by atoms with Crippen molar-refractivity contribution < 1.29 is 9.47 Å². The molecule has 8 heteroatoms. The van der Waals surface area contributed by atoms with Crippen LogP contribution in [0.3, 0.4) is 0 Å². The molecule has 0 amide bonds. The minimum atomic E-state index is -0.0442. The number of thiocarbonyl (C=S) groups is 1. The van der Waals surface area contributed by atoms with Crippen LogP contribution in [0.5, 0.6) is 0 Å². The van der Waals surface area contributed by atoms with Gasteiger partial charge in [0.1, 0.15) is 12.2 Å². The number of anilines is 1. The molecule has 2 saturated heterocycles. The summed E-state index contributed by atoms with van der Waals surface area (Å²) < 4.78 is 12.0. The Labute approximate surface area is 167 Å². The van der Waals surface area contributed by atoms with E-state index < -0.39 is 0 Å². The molecule has 7 nitrogen and oxygen atoms in total. The summed E-state index contributed by atoms with van der Waals surface area (Å²) >= 11 is 5.38. The van der Waals surface area contributed by atoms with Gasteiger partial charge in [-0.15, -0.1) is 0 Å². The summed E-state index contributed by atoms with van der Waals surface area (Å²) in [6.07, 6.45) is 1.71. The van der Waals surface area contributed by atoms with E-state index >= 15 is 0 Å². The van der Waals surface area contributed by atoms with Gasteiger partial charge in [0.05, 0.1) is 31.0 Å². The van der Waals surface area contributed by atoms with Crippen molar-refractivity contribution in [2.24, 2.45) is 5.92 Å². The maximum absolute atomic E-state index is 6.01. The van der Waals surface area contributed by atoms with Gasteiger partial charge in [-0.3, -0.25) is 0 Å². The molecule has 0 bridgehead atoms. The van der Waals surface area contributed by atoms with E-state index in [4.69, 9.17) is 21.7 Å². The van der Waals surface area contributed by atoms with Crippen LogP contribution in [-0.4, -0.2) is 59.1 Å². The highest BCUT2D eigenvalue weighted by atomic mass is 32.1. The molecule has 0 aromatic carbocycles. The van der Waals surface area contributed by atoms with Crippen molar-refractivity contribution in [2.75, 3.05) is 25.1 Å². The van der Waals surface area contributed by atoms with Gasteiger partial charge in [-0.2, -0.15) is 0 Å². The van der Waals surface area contributed by atoms with Crippen molar-refractivity contribution >= 4 is 23.3 Å². The van der Waals surface area contributed by atoms with Crippen molar-refractivity contribution in [1.82, 2.24) is 20.6 Å². The first-order valence-corrected chi connectivity index (χ1v) is 10.0. The Morgan fingerprint density at radius 3 is 2.56 bits per heavy atom. The van der Waals surface area contributed by atoms with Crippen molar-refractivity contribution in [3.05, 3.63) is 18.0 Å². The molecule has 0 saturated carbocycles. The molecule has 3 heterocycles. The molecule has 1 aromatic heterocycles. The molecular weight excluding hydrogens is 362 g/mol. The Bertz CT molecular complexity index is 664. The van der Waals surface area contributed by atoms with Gasteiger partial charge in [0.25, 0.3) is 0 Å². The fourth-order valence-electron chi connectivity index (χ4n) is 3.27. The quantitative estimate of drug-likeness (QED) is 0.654. The largest absolute Gasteiger partial charge is 0.371 e. The van der Waals surface area contributed by atoms with Crippen LogP contribution < -0.4 is 16.0 Å². The molecule has 2 aliphatic heterocycles. The van der Waals surface area contributed by atoms with Crippen LogP contribution in [0.1, 0.15) is 40.3 Å². The van der Waals surface area contributed by atoms with Crippen LogP contribution >= 0.6 is 12.2 Å². The van der Waals surface area contributed by atoms with Crippen molar-refractivity contribution in [3.63, 3.8) is 0 Å². The van der Waals surface area contributed by atoms with E-state index in [-0.39, 0.29) is 29.7 Å². The SMILES string of the molecule is CC(C)CNC(=S)NC1COC2C(Nc3nccc(C(C)(C)C)n3)COC12. The molecule has 2 fully saturated rings. The summed E-state index contributed by atoms with van der Waals surface area (Å²) in [6, 6.07) is 2.03. The number of nitrogens with one attached hydrogen (secondary N) is 3. The van der Waals surface area contributed by atoms with Gasteiger partial charge in [-0.1, -0.05) is 34.6 Å². The summed E-state index contributed by atoms with van der Waals surface area (Å²) in [5.41, 5.74) is 0.981. The smallest absolute Gasteiger partial charge is 0.223 e. The Hall–Kier alpha value is -1.51. The summed E-state index contributed by atoms with van der Waals surface area (Å²) in [4.78, 5) is 9.01. The highest BCUT2D eigenvalue weighted by Crippen LogP contribution is 2.29. The van der Waals surface area contributed by atoms with E-state index in [1.54, 1.807) is 6.20 Å². The second-order valence-corrected chi connectivity index (χ2v) is 9.13. The number of hydrogen-bond donors (Lipinski definition) is 3. The normalized spacial score (nSPS) is 27.5. The molecule has 0 aliphatic carbocycles. The van der Waals surface area contributed by atoms with Crippen LogP contribution in [0, 0.1) is 5.92 Å². The standard InChI is InChI=1S/C19H31N5O2S/c1-11(2)8-21-18(27)23-13-10-26-15-12(9-25-16(13)15)22-17-20-7-6-14(24-17)19(3,4)5/h6-7,11-13,15-16H,8-10H2,1-5H3,(H,20,22,24)(H2,21,23,27). The lowest BCUT2D eigenvalue weighted by Gasteiger charge is -2.21. The van der Waals surface area contributed by atoms with Crippen molar-refractivity contribution in [2.45, 2.75) is 64.3 Å². The maximum atomic E-state index is 6.01. The van der Waals surface area contributed by atoms with E-state index in [0.29, 0.717) is 30.2 Å². The first-order valence-electron chi connectivity index (χ1n) is 9.61. The van der Waals surface area contributed by atoms with Crippen LogP contribution in [0.25, 0.3) is 0 Å². The van der Waals surface area contributed by atoms with Crippen LogP contribution in [-0.2, 0) is 14.9 Å². The molecule has 150 valence electrons. The van der Waals surface area contributed by atoms with Gasteiger partial charge in [-0.05, 0) is 24.2 Å².